The molecule has 3 aromatic heterocycles. The average Bonchev–Trinajstić information content (AvgIpc) is 3.24. The van der Waals surface area contributed by atoms with Crippen LogP contribution in [0.3, 0.4) is 0 Å². The monoisotopic (exact) mass is 499 g/mol. The second kappa shape index (κ2) is 11.8. The van der Waals surface area contributed by atoms with Gasteiger partial charge in [0.15, 0.2) is 0 Å². The fraction of sp³-hybridized carbons (Fsp3) is 0.160. The van der Waals surface area contributed by atoms with Crippen LogP contribution < -0.4 is 16.2 Å². The van der Waals surface area contributed by atoms with E-state index in [4.69, 9.17) is 26.1 Å². The molecule has 0 amide bonds. The molecule has 1 aromatic carbocycles. The second-order valence-corrected chi connectivity index (χ2v) is 7.74. The molecule has 3 heterocycles. The quantitative estimate of drug-likeness (QED) is 0.297. The van der Waals surface area contributed by atoms with Crippen LogP contribution in [0.25, 0.3) is 23.1 Å². The van der Waals surface area contributed by atoms with Gasteiger partial charge in [0.1, 0.15) is 18.2 Å². The molecule has 0 spiro atoms. The largest absolute Gasteiger partial charge is 0.490 e. The number of ether oxygens (including phenoxy) is 1. The van der Waals surface area contributed by atoms with Crippen LogP contribution in [0.5, 0.6) is 5.75 Å². The molecule has 8 nitrogen and oxygen atoms in total. The van der Waals surface area contributed by atoms with Gasteiger partial charge in [-0.15, -0.1) is 0 Å². The summed E-state index contributed by atoms with van der Waals surface area (Å²) in [5, 5.41) is 8.33. The Bertz CT molecular complexity index is 1340. The Kier molecular flexibility index (Phi) is 8.63. The molecule has 0 aliphatic heterocycles. The minimum absolute atomic E-state index is 0.117. The Labute approximate surface area is 204 Å². The number of carboxylic acids is 1. The Morgan fingerprint density at radius 1 is 1.14 bits per heavy atom. The van der Waals surface area contributed by atoms with E-state index >= 15 is 0 Å². The predicted molar refractivity (Wildman–Crippen MR) is 131 cm³/mol. The number of anilines is 1. The number of benzene rings is 1. The number of aliphatic carboxylic acids is 1. The van der Waals surface area contributed by atoms with Crippen molar-refractivity contribution < 1.29 is 27.8 Å². The predicted octanol–water partition coefficient (Wildman–Crippen LogP) is 4.29. The molecule has 0 radical (unpaired) electrons. The van der Waals surface area contributed by atoms with Crippen LogP contribution in [-0.4, -0.2) is 44.9 Å². The van der Waals surface area contributed by atoms with Crippen molar-refractivity contribution in [1.29, 1.82) is 0 Å². The number of hydrogen-bond acceptors (Lipinski definition) is 6. The minimum atomic E-state index is -5.08. The third kappa shape index (κ3) is 7.84. The fourth-order valence-electron chi connectivity index (χ4n) is 3.21. The molecule has 0 saturated heterocycles. The number of para-hydroxylation sites is 1. The molecule has 36 heavy (non-hydrogen) atoms. The van der Waals surface area contributed by atoms with Crippen molar-refractivity contribution in [1.82, 2.24) is 15.0 Å². The van der Waals surface area contributed by atoms with E-state index in [2.05, 4.69) is 27.1 Å². The highest BCUT2D eigenvalue weighted by atomic mass is 19.4. The van der Waals surface area contributed by atoms with Crippen LogP contribution >= 0.6 is 0 Å². The lowest BCUT2D eigenvalue weighted by Gasteiger charge is -2.13. The van der Waals surface area contributed by atoms with Crippen molar-refractivity contribution in [3.63, 3.8) is 0 Å². The number of nitrogens with one attached hydrogen (secondary N) is 1. The first-order chi connectivity index (χ1) is 17.1. The highest BCUT2D eigenvalue weighted by Crippen LogP contribution is 2.20. The van der Waals surface area contributed by atoms with E-state index in [1.807, 2.05) is 48.7 Å². The van der Waals surface area contributed by atoms with Crippen LogP contribution in [-0.2, 0) is 11.2 Å². The number of aromatic amines is 1. The second-order valence-electron chi connectivity index (χ2n) is 7.74. The van der Waals surface area contributed by atoms with E-state index in [1.54, 1.807) is 18.6 Å². The van der Waals surface area contributed by atoms with Crippen molar-refractivity contribution in [2.75, 3.05) is 12.3 Å². The molecular weight excluding hydrogens is 475 g/mol. The van der Waals surface area contributed by atoms with Gasteiger partial charge in [-0.1, -0.05) is 30.4 Å². The van der Waals surface area contributed by atoms with Gasteiger partial charge in [-0.2, -0.15) is 13.2 Å². The molecule has 0 bridgehead atoms. The molecular formula is C25H24F3N5O3. The van der Waals surface area contributed by atoms with E-state index in [1.165, 1.54) is 10.9 Å². The molecule has 0 unspecified atom stereocenters. The number of nitrogens with two attached hydrogens (primary N) is 2. The Balaban J connectivity index is 0.000000454. The summed E-state index contributed by atoms with van der Waals surface area (Å²) in [6.07, 6.45) is 6.74. The lowest BCUT2D eigenvalue weighted by Crippen LogP contribution is -2.30. The molecule has 1 atom stereocenters. The van der Waals surface area contributed by atoms with E-state index < -0.39 is 12.1 Å². The van der Waals surface area contributed by atoms with Gasteiger partial charge in [-0.3, -0.25) is 4.98 Å². The summed E-state index contributed by atoms with van der Waals surface area (Å²) < 4.78 is 37.6. The number of nitrogens with zero attached hydrogens (tertiary/aromatic N) is 2. The summed E-state index contributed by atoms with van der Waals surface area (Å²) in [6.45, 7) is 0.412. The van der Waals surface area contributed by atoms with Gasteiger partial charge < -0.3 is 26.3 Å². The first kappa shape index (κ1) is 26.2. The zero-order valence-electron chi connectivity index (χ0n) is 18.9. The maximum atomic E-state index is 10.6. The summed E-state index contributed by atoms with van der Waals surface area (Å²) in [6, 6.07) is 13.7. The number of rotatable bonds is 7. The number of alkyl halides is 3. The summed E-state index contributed by atoms with van der Waals surface area (Å²) in [4.78, 5) is 20.4. The molecule has 0 fully saturated rings. The molecule has 0 aliphatic carbocycles. The summed E-state index contributed by atoms with van der Waals surface area (Å²) in [5.74, 6) is -1.57. The topological polar surface area (TPSA) is 140 Å². The maximum Gasteiger partial charge on any atom is 0.490 e. The highest BCUT2D eigenvalue weighted by molar-refractivity contribution is 5.83. The van der Waals surface area contributed by atoms with Crippen molar-refractivity contribution in [2.24, 2.45) is 5.73 Å². The number of carboxylic acid groups (broad SMARTS) is 1. The number of carbonyl (C=O) groups is 1. The zero-order chi connectivity index (χ0) is 26.1. The van der Waals surface area contributed by atoms with Gasteiger partial charge >= 0.3 is 12.1 Å². The van der Waals surface area contributed by atoms with E-state index in [-0.39, 0.29) is 6.04 Å². The third-order valence-corrected chi connectivity index (χ3v) is 4.87. The maximum absolute atomic E-state index is 10.6. The number of hydrogen-bond donors (Lipinski definition) is 4. The molecule has 188 valence electrons. The Hall–Kier alpha value is -4.38. The van der Waals surface area contributed by atoms with Gasteiger partial charge in [0, 0.05) is 35.5 Å². The standard InChI is InChI=1S/C23H23N5O.C2HF3O2/c24-19(11-18-13-28-22-4-2-1-3-21(18)22)15-29-20-9-17(12-26-14-20)6-5-16-7-8-27-23(25)10-16;3-2(4,5)1(6)7/h1-10,12-14,19,28H,11,15,24H2,(H2,25,27);(H,6,7)/t19-;/m0./s1. The van der Waals surface area contributed by atoms with Crippen LogP contribution in [0, 0.1) is 0 Å². The van der Waals surface area contributed by atoms with Crippen LogP contribution in [0.4, 0.5) is 19.0 Å². The van der Waals surface area contributed by atoms with Crippen molar-refractivity contribution in [3.05, 3.63) is 83.9 Å². The van der Waals surface area contributed by atoms with E-state index in [0.717, 1.165) is 23.1 Å². The smallest absolute Gasteiger partial charge is 0.490 e. The van der Waals surface area contributed by atoms with Gasteiger partial charge in [0.05, 0.1) is 6.20 Å². The molecule has 0 saturated carbocycles. The number of nitrogen functional groups attached to an aromatic ring is 1. The number of fused-ring (bicyclic) bond motifs is 1. The van der Waals surface area contributed by atoms with E-state index in [9.17, 15) is 13.2 Å². The van der Waals surface area contributed by atoms with Crippen molar-refractivity contribution in [3.8, 4) is 5.75 Å². The molecule has 4 aromatic rings. The molecule has 4 rings (SSSR count). The fourth-order valence-corrected chi connectivity index (χ4v) is 3.21. The van der Waals surface area contributed by atoms with E-state index in [0.29, 0.717) is 18.2 Å². The van der Waals surface area contributed by atoms with Crippen LogP contribution in [0.2, 0.25) is 0 Å². The average molecular weight is 499 g/mol. The molecule has 6 N–H and O–H groups in total. The van der Waals surface area contributed by atoms with Gasteiger partial charge in [-0.25, -0.2) is 9.78 Å². The third-order valence-electron chi connectivity index (χ3n) is 4.87. The summed E-state index contributed by atoms with van der Waals surface area (Å²) in [5.41, 5.74) is 16.2. The molecule has 11 heteroatoms. The molecule has 0 aliphatic rings. The van der Waals surface area contributed by atoms with Crippen LogP contribution in [0.15, 0.2) is 67.3 Å². The summed E-state index contributed by atoms with van der Waals surface area (Å²) in [7, 11) is 0. The highest BCUT2D eigenvalue weighted by Gasteiger charge is 2.38. The SMILES string of the molecule is Nc1cc(C=Cc2cncc(OC[C@@H](N)Cc3c[nH]c4ccccc34)c2)ccn1.O=C(O)C(F)(F)F. The number of H-pyrrole nitrogens is 1. The zero-order valence-corrected chi connectivity index (χ0v) is 18.9. The minimum Gasteiger partial charge on any atom is -0.490 e. The Morgan fingerprint density at radius 2 is 1.86 bits per heavy atom. The lowest BCUT2D eigenvalue weighted by atomic mass is 10.1. The van der Waals surface area contributed by atoms with Gasteiger partial charge in [-0.05, 0) is 47.4 Å². The summed E-state index contributed by atoms with van der Waals surface area (Å²) >= 11 is 0. The van der Waals surface area contributed by atoms with Crippen LogP contribution in [0.1, 0.15) is 16.7 Å². The lowest BCUT2D eigenvalue weighted by molar-refractivity contribution is -0.192. The number of halogens is 3. The first-order valence-corrected chi connectivity index (χ1v) is 10.7. The van der Waals surface area contributed by atoms with Gasteiger partial charge in [0.2, 0.25) is 0 Å². The van der Waals surface area contributed by atoms with Gasteiger partial charge in [0.25, 0.3) is 0 Å². The van der Waals surface area contributed by atoms with Crippen molar-refractivity contribution in [2.45, 2.75) is 18.6 Å². The van der Waals surface area contributed by atoms with Crippen molar-refractivity contribution >= 4 is 34.8 Å². The number of pyridine rings is 2. The number of aromatic nitrogens is 3. The Morgan fingerprint density at radius 3 is 2.58 bits per heavy atom. The first-order valence-electron chi connectivity index (χ1n) is 10.7. The normalized spacial score (nSPS) is 12.2.